The molecule has 0 aliphatic rings. The van der Waals surface area contributed by atoms with Gasteiger partial charge in [-0.15, -0.1) is 0 Å². The number of nitrogens with one attached hydrogen (secondary N) is 1. The van der Waals surface area contributed by atoms with E-state index >= 15 is 0 Å². The first-order valence-corrected chi connectivity index (χ1v) is 9.20. The van der Waals surface area contributed by atoms with Gasteiger partial charge in [-0.3, -0.25) is 4.79 Å². The van der Waals surface area contributed by atoms with Crippen molar-refractivity contribution in [3.63, 3.8) is 0 Å². The van der Waals surface area contributed by atoms with Crippen LogP contribution in [0.1, 0.15) is 40.8 Å². The number of aryl methyl sites for hydroxylation is 1. The van der Waals surface area contributed by atoms with Crippen LogP contribution in [0.3, 0.4) is 0 Å². The molecule has 0 bridgehead atoms. The van der Waals surface area contributed by atoms with Gasteiger partial charge in [-0.05, 0) is 31.0 Å². The number of ether oxygens (including phenoxy) is 1. The van der Waals surface area contributed by atoms with Crippen LogP contribution in [0.2, 0.25) is 0 Å². The van der Waals surface area contributed by atoms with Gasteiger partial charge < -0.3 is 20.0 Å². The molecule has 27 heavy (non-hydrogen) atoms. The molecule has 0 unspecified atom stereocenters. The van der Waals surface area contributed by atoms with Crippen LogP contribution in [0.5, 0.6) is 5.75 Å². The first-order valence-electron chi connectivity index (χ1n) is 9.20. The van der Waals surface area contributed by atoms with Gasteiger partial charge in [0.25, 0.3) is 5.91 Å². The smallest absolute Gasteiger partial charge is 0.251 e. The Balaban J connectivity index is 2.11. The molecule has 0 radical (unpaired) electrons. The van der Waals surface area contributed by atoms with Crippen molar-refractivity contribution in [2.75, 3.05) is 7.11 Å². The number of carbonyl (C=O) groups excluding carboxylic acids is 1. The summed E-state index contributed by atoms with van der Waals surface area (Å²) >= 11 is 0. The molecule has 2 heterocycles. The van der Waals surface area contributed by atoms with Crippen LogP contribution >= 0.6 is 0 Å². The third-order valence-corrected chi connectivity index (χ3v) is 4.90. The zero-order valence-electron chi connectivity index (χ0n) is 16.1. The molecule has 6 heteroatoms. The average molecular weight is 366 g/mol. The predicted molar refractivity (Wildman–Crippen MR) is 106 cm³/mol. The molecule has 0 aliphatic carbocycles. The van der Waals surface area contributed by atoms with Crippen molar-refractivity contribution < 1.29 is 9.53 Å². The van der Waals surface area contributed by atoms with E-state index in [9.17, 15) is 4.79 Å². The first kappa shape index (κ1) is 18.8. The molecule has 3 aromatic rings. The number of hydrogen-bond acceptors (Lipinski definition) is 3. The average Bonchev–Trinajstić information content (AvgIpc) is 3.27. The number of aromatic nitrogens is 3. The zero-order valence-corrected chi connectivity index (χ0v) is 16.1. The second kappa shape index (κ2) is 8.12. The fourth-order valence-electron chi connectivity index (χ4n) is 3.62. The fraction of sp³-hybridized carbons (Fsp3) is 0.333. The van der Waals surface area contributed by atoms with Crippen molar-refractivity contribution in [2.45, 2.75) is 39.7 Å². The molecule has 0 fully saturated rings. The third kappa shape index (κ3) is 3.74. The molecule has 0 saturated carbocycles. The highest BCUT2D eigenvalue weighted by molar-refractivity contribution is 6.02. The molecule has 2 aromatic heterocycles. The summed E-state index contributed by atoms with van der Waals surface area (Å²) in [4.78, 5) is 19.5. The lowest BCUT2D eigenvalue weighted by Crippen LogP contribution is -2.14. The van der Waals surface area contributed by atoms with E-state index in [2.05, 4.69) is 21.5 Å². The molecular formula is C21H26N4O2. The van der Waals surface area contributed by atoms with Crippen LogP contribution in [0.4, 0.5) is 0 Å². The second-order valence-corrected chi connectivity index (χ2v) is 6.60. The van der Waals surface area contributed by atoms with Crippen molar-refractivity contribution >= 4 is 5.91 Å². The van der Waals surface area contributed by atoms with Gasteiger partial charge in [-0.25, -0.2) is 4.98 Å². The molecule has 0 saturated heterocycles. The Hall–Kier alpha value is -3.02. The number of primary amides is 1. The number of amides is 1. The van der Waals surface area contributed by atoms with Crippen LogP contribution in [-0.2, 0) is 19.4 Å². The zero-order chi connectivity index (χ0) is 19.4. The Morgan fingerprint density at radius 2 is 2.00 bits per heavy atom. The summed E-state index contributed by atoms with van der Waals surface area (Å²) in [5.74, 6) is 0.391. The number of imidazole rings is 1. The fourth-order valence-corrected chi connectivity index (χ4v) is 3.62. The van der Waals surface area contributed by atoms with Crippen molar-refractivity contribution in [1.82, 2.24) is 14.5 Å². The van der Waals surface area contributed by atoms with Crippen molar-refractivity contribution in [3.05, 3.63) is 59.4 Å². The number of nitrogens with two attached hydrogens (primary N) is 1. The number of methoxy groups -OCH3 is 1. The summed E-state index contributed by atoms with van der Waals surface area (Å²) in [6.07, 6.45) is 6.18. The van der Waals surface area contributed by atoms with E-state index in [1.807, 2.05) is 37.4 Å². The van der Waals surface area contributed by atoms with E-state index in [0.29, 0.717) is 5.56 Å². The Bertz CT molecular complexity index is 909. The molecule has 1 aromatic carbocycles. The second-order valence-electron chi connectivity index (χ2n) is 6.60. The van der Waals surface area contributed by atoms with Crippen LogP contribution in [0, 0.1) is 6.92 Å². The Labute approximate surface area is 159 Å². The maximum absolute atomic E-state index is 12.3. The molecular weight excluding hydrogens is 340 g/mol. The maximum atomic E-state index is 12.3. The summed E-state index contributed by atoms with van der Waals surface area (Å²) in [5.41, 5.74) is 11.4. The lowest BCUT2D eigenvalue weighted by Gasteiger charge is -2.12. The van der Waals surface area contributed by atoms with E-state index in [1.54, 1.807) is 13.4 Å². The quantitative estimate of drug-likeness (QED) is 0.640. The summed E-state index contributed by atoms with van der Waals surface area (Å²) in [7, 11) is 1.64. The van der Waals surface area contributed by atoms with E-state index in [-0.39, 0.29) is 0 Å². The van der Waals surface area contributed by atoms with Gasteiger partial charge in [0.05, 0.1) is 19.0 Å². The predicted octanol–water partition coefficient (Wildman–Crippen LogP) is 3.49. The highest BCUT2D eigenvalue weighted by Crippen LogP contribution is 2.34. The molecule has 1 amide bonds. The van der Waals surface area contributed by atoms with Gasteiger partial charge in [0.15, 0.2) is 0 Å². The van der Waals surface area contributed by atoms with Gasteiger partial charge in [0, 0.05) is 41.8 Å². The van der Waals surface area contributed by atoms with E-state index in [1.165, 1.54) is 0 Å². The summed E-state index contributed by atoms with van der Waals surface area (Å²) in [5, 5.41) is 0. The maximum Gasteiger partial charge on any atom is 0.251 e. The normalized spacial score (nSPS) is 10.9. The van der Waals surface area contributed by atoms with Gasteiger partial charge in [-0.1, -0.05) is 25.5 Å². The largest absolute Gasteiger partial charge is 0.497 e. The topological polar surface area (TPSA) is 85.9 Å². The summed E-state index contributed by atoms with van der Waals surface area (Å²) in [6.45, 7) is 4.88. The van der Waals surface area contributed by atoms with Crippen molar-refractivity contribution in [3.8, 4) is 16.9 Å². The first-order chi connectivity index (χ1) is 13.1. The van der Waals surface area contributed by atoms with Crippen LogP contribution in [-0.4, -0.2) is 27.6 Å². The highest BCUT2D eigenvalue weighted by atomic mass is 16.5. The SMILES string of the molecule is CCCc1c(-c2ccc(OC)cc2)c(C(N)=O)c(C)n1CCc1cnc[nH]1. The van der Waals surface area contributed by atoms with Crippen LogP contribution in [0.25, 0.3) is 11.1 Å². The number of nitrogens with zero attached hydrogens (tertiary/aromatic N) is 2. The van der Waals surface area contributed by atoms with Crippen LogP contribution in [0.15, 0.2) is 36.8 Å². The minimum atomic E-state index is -0.393. The minimum Gasteiger partial charge on any atom is -0.497 e. The number of rotatable bonds is 8. The van der Waals surface area contributed by atoms with E-state index in [0.717, 1.165) is 59.8 Å². The molecule has 6 nitrogen and oxygen atoms in total. The summed E-state index contributed by atoms with van der Waals surface area (Å²) < 4.78 is 7.49. The lowest BCUT2D eigenvalue weighted by atomic mass is 9.98. The van der Waals surface area contributed by atoms with Gasteiger partial charge in [0.2, 0.25) is 0 Å². The van der Waals surface area contributed by atoms with E-state index in [4.69, 9.17) is 10.5 Å². The number of aromatic amines is 1. The number of H-pyrrole nitrogens is 1. The Kier molecular flexibility index (Phi) is 5.64. The molecule has 0 atom stereocenters. The van der Waals surface area contributed by atoms with Gasteiger partial charge in [0.1, 0.15) is 5.75 Å². The minimum absolute atomic E-state index is 0.393. The standard InChI is InChI=1S/C21H26N4O2/c1-4-5-18-20(15-6-8-17(27-3)9-7-15)19(21(22)26)14(2)25(18)11-10-16-12-23-13-24-16/h6-9,12-13H,4-5,10-11H2,1-3H3,(H2,22,26)(H,23,24). The van der Waals surface area contributed by atoms with Gasteiger partial charge >= 0.3 is 0 Å². The molecule has 0 aliphatic heterocycles. The van der Waals surface area contributed by atoms with Crippen LogP contribution < -0.4 is 10.5 Å². The molecule has 3 rings (SSSR count). The summed E-state index contributed by atoms with van der Waals surface area (Å²) in [6, 6.07) is 7.79. The Morgan fingerprint density at radius 3 is 2.56 bits per heavy atom. The van der Waals surface area contributed by atoms with Gasteiger partial charge in [-0.2, -0.15) is 0 Å². The highest BCUT2D eigenvalue weighted by Gasteiger charge is 2.24. The molecule has 3 N–H and O–H groups in total. The number of carbonyl (C=O) groups is 1. The lowest BCUT2D eigenvalue weighted by molar-refractivity contribution is 0.1000. The van der Waals surface area contributed by atoms with E-state index < -0.39 is 5.91 Å². The Morgan fingerprint density at radius 1 is 1.26 bits per heavy atom. The van der Waals surface area contributed by atoms with Crippen molar-refractivity contribution in [1.29, 1.82) is 0 Å². The van der Waals surface area contributed by atoms with Crippen molar-refractivity contribution in [2.24, 2.45) is 5.73 Å². The number of hydrogen-bond donors (Lipinski definition) is 2. The number of benzene rings is 1. The monoisotopic (exact) mass is 366 g/mol. The molecule has 142 valence electrons. The molecule has 0 spiro atoms. The third-order valence-electron chi connectivity index (χ3n) is 4.90.